The van der Waals surface area contributed by atoms with Gasteiger partial charge in [-0.15, -0.1) is 35.3 Å². The van der Waals surface area contributed by atoms with Gasteiger partial charge in [0.05, 0.1) is 5.01 Å². The molecule has 0 amide bonds. The first-order chi connectivity index (χ1) is 13.5. The SMILES string of the molecule is CN=C(NCCc1ccc2ccccc2c1)NCCc1nc(C(F)(F)F)cs1.I. The van der Waals surface area contributed by atoms with Gasteiger partial charge in [0.1, 0.15) is 0 Å². The molecule has 156 valence electrons. The third-order valence-electron chi connectivity index (χ3n) is 4.22. The summed E-state index contributed by atoms with van der Waals surface area (Å²) in [4.78, 5) is 7.77. The maximum atomic E-state index is 12.6. The molecule has 0 saturated carbocycles. The fraction of sp³-hybridized carbons (Fsp3) is 0.300. The fourth-order valence-corrected chi connectivity index (χ4v) is 3.59. The number of nitrogens with one attached hydrogen (secondary N) is 2. The van der Waals surface area contributed by atoms with Crippen molar-refractivity contribution in [1.29, 1.82) is 0 Å². The summed E-state index contributed by atoms with van der Waals surface area (Å²) < 4.78 is 37.7. The van der Waals surface area contributed by atoms with Crippen molar-refractivity contribution in [1.82, 2.24) is 15.6 Å². The number of aromatic nitrogens is 1. The Bertz CT molecular complexity index is 956. The van der Waals surface area contributed by atoms with Gasteiger partial charge in [-0.2, -0.15) is 13.2 Å². The molecule has 0 aliphatic rings. The molecular formula is C20H22F3IN4S. The number of rotatable bonds is 6. The highest BCUT2D eigenvalue weighted by atomic mass is 127. The number of aliphatic imine (C=N–C) groups is 1. The van der Waals surface area contributed by atoms with E-state index in [2.05, 4.69) is 50.9 Å². The molecule has 0 fully saturated rings. The first-order valence-corrected chi connectivity index (χ1v) is 9.77. The van der Waals surface area contributed by atoms with E-state index in [4.69, 9.17) is 0 Å². The topological polar surface area (TPSA) is 49.3 Å². The van der Waals surface area contributed by atoms with Crippen molar-refractivity contribution in [2.45, 2.75) is 19.0 Å². The van der Waals surface area contributed by atoms with Crippen LogP contribution in [0, 0.1) is 0 Å². The maximum Gasteiger partial charge on any atom is 0.434 e. The second-order valence-electron chi connectivity index (χ2n) is 6.23. The largest absolute Gasteiger partial charge is 0.434 e. The van der Waals surface area contributed by atoms with Gasteiger partial charge >= 0.3 is 6.18 Å². The van der Waals surface area contributed by atoms with Crippen LogP contribution >= 0.6 is 35.3 Å². The third-order valence-corrected chi connectivity index (χ3v) is 5.13. The Labute approximate surface area is 188 Å². The standard InChI is InChI=1S/C20H21F3N4S.HI/c1-24-19(26-11-9-18-27-17(13-28-18)20(21,22)23)25-10-8-14-6-7-15-4-2-3-5-16(15)12-14;/h2-7,12-13H,8-11H2,1H3,(H2,24,25,26);1H. The predicted octanol–water partition coefficient (Wildman–Crippen LogP) is 4.88. The smallest absolute Gasteiger partial charge is 0.356 e. The summed E-state index contributed by atoms with van der Waals surface area (Å²) >= 11 is 1.02. The van der Waals surface area contributed by atoms with Gasteiger partial charge in [0.2, 0.25) is 0 Å². The first kappa shape index (κ1) is 23.4. The Morgan fingerprint density at radius 2 is 1.72 bits per heavy atom. The minimum absolute atomic E-state index is 0. The van der Waals surface area contributed by atoms with Crippen LogP contribution in [-0.2, 0) is 19.0 Å². The maximum absolute atomic E-state index is 12.6. The van der Waals surface area contributed by atoms with E-state index in [1.54, 1.807) is 7.05 Å². The van der Waals surface area contributed by atoms with Gasteiger partial charge in [-0.3, -0.25) is 4.99 Å². The van der Waals surface area contributed by atoms with Crippen molar-refractivity contribution in [2.24, 2.45) is 4.99 Å². The first-order valence-electron chi connectivity index (χ1n) is 8.89. The fourth-order valence-electron chi connectivity index (χ4n) is 2.78. The quantitative estimate of drug-likeness (QED) is 0.269. The van der Waals surface area contributed by atoms with Crippen LogP contribution in [0.5, 0.6) is 0 Å². The van der Waals surface area contributed by atoms with E-state index in [0.29, 0.717) is 30.5 Å². The van der Waals surface area contributed by atoms with Crippen LogP contribution in [0.4, 0.5) is 13.2 Å². The lowest BCUT2D eigenvalue weighted by molar-refractivity contribution is -0.140. The zero-order valence-electron chi connectivity index (χ0n) is 15.8. The van der Waals surface area contributed by atoms with E-state index >= 15 is 0 Å². The van der Waals surface area contributed by atoms with Crippen molar-refractivity contribution in [3.8, 4) is 0 Å². The van der Waals surface area contributed by atoms with E-state index in [1.807, 2.05) is 12.1 Å². The monoisotopic (exact) mass is 534 g/mol. The van der Waals surface area contributed by atoms with Gasteiger partial charge in [0.25, 0.3) is 0 Å². The minimum Gasteiger partial charge on any atom is -0.356 e. The predicted molar refractivity (Wildman–Crippen MR) is 123 cm³/mol. The van der Waals surface area contributed by atoms with Crippen LogP contribution in [0.1, 0.15) is 16.3 Å². The van der Waals surface area contributed by atoms with Crippen LogP contribution < -0.4 is 10.6 Å². The van der Waals surface area contributed by atoms with Crippen molar-refractivity contribution in [2.75, 3.05) is 20.1 Å². The van der Waals surface area contributed by atoms with Gasteiger partial charge < -0.3 is 10.6 Å². The summed E-state index contributed by atoms with van der Waals surface area (Å²) in [6.45, 7) is 1.16. The molecule has 0 radical (unpaired) electrons. The Hall–Kier alpha value is -1.88. The van der Waals surface area contributed by atoms with Gasteiger partial charge in [0, 0.05) is 31.9 Å². The molecule has 3 aromatic rings. The summed E-state index contributed by atoms with van der Waals surface area (Å²) in [6, 6.07) is 14.6. The van der Waals surface area contributed by atoms with Gasteiger partial charge in [-0.05, 0) is 22.8 Å². The van der Waals surface area contributed by atoms with E-state index in [1.165, 1.54) is 16.3 Å². The Kier molecular flexibility index (Phi) is 8.69. The normalized spacial score (nSPS) is 11.9. The molecule has 0 unspecified atom stereocenters. The number of nitrogens with zero attached hydrogens (tertiary/aromatic N) is 2. The number of alkyl halides is 3. The van der Waals surface area contributed by atoms with Crippen LogP contribution in [-0.4, -0.2) is 31.1 Å². The van der Waals surface area contributed by atoms with Crippen molar-refractivity contribution in [3.63, 3.8) is 0 Å². The molecule has 2 aromatic carbocycles. The Morgan fingerprint density at radius 3 is 2.38 bits per heavy atom. The van der Waals surface area contributed by atoms with Crippen LogP contribution in [0.15, 0.2) is 52.8 Å². The highest BCUT2D eigenvalue weighted by molar-refractivity contribution is 14.0. The molecule has 0 aliphatic carbocycles. The lowest BCUT2D eigenvalue weighted by Crippen LogP contribution is -2.39. The number of benzene rings is 2. The van der Waals surface area contributed by atoms with Crippen LogP contribution in [0.25, 0.3) is 10.8 Å². The van der Waals surface area contributed by atoms with E-state index in [-0.39, 0.29) is 24.0 Å². The molecule has 1 heterocycles. The molecule has 0 atom stereocenters. The Balaban J connectivity index is 0.00000300. The van der Waals surface area contributed by atoms with Crippen LogP contribution in [0.3, 0.4) is 0 Å². The van der Waals surface area contributed by atoms with Crippen molar-refractivity contribution < 1.29 is 13.2 Å². The summed E-state index contributed by atoms with van der Waals surface area (Å²) in [7, 11) is 1.66. The molecule has 0 saturated heterocycles. The number of hydrogen-bond acceptors (Lipinski definition) is 3. The molecule has 3 rings (SSSR count). The molecule has 0 spiro atoms. The highest BCUT2D eigenvalue weighted by Crippen LogP contribution is 2.30. The van der Waals surface area contributed by atoms with Gasteiger partial charge in [0.15, 0.2) is 11.7 Å². The average molecular weight is 534 g/mol. The Morgan fingerprint density at radius 1 is 1.03 bits per heavy atom. The number of guanidine groups is 1. The molecule has 0 aliphatic heterocycles. The molecule has 4 nitrogen and oxygen atoms in total. The number of fused-ring (bicyclic) bond motifs is 1. The molecule has 0 bridgehead atoms. The zero-order chi connectivity index (χ0) is 20.0. The summed E-state index contributed by atoms with van der Waals surface area (Å²) in [5.41, 5.74) is 0.398. The molecular weight excluding hydrogens is 512 g/mol. The van der Waals surface area contributed by atoms with Crippen molar-refractivity contribution >= 4 is 52.0 Å². The second kappa shape index (κ2) is 10.8. The second-order valence-corrected chi connectivity index (χ2v) is 7.17. The molecule has 1 aromatic heterocycles. The van der Waals surface area contributed by atoms with E-state index < -0.39 is 11.9 Å². The lowest BCUT2D eigenvalue weighted by Gasteiger charge is -2.11. The molecule has 9 heteroatoms. The van der Waals surface area contributed by atoms with E-state index in [0.717, 1.165) is 23.1 Å². The molecule has 2 N–H and O–H groups in total. The van der Waals surface area contributed by atoms with Crippen molar-refractivity contribution in [3.05, 3.63) is 64.1 Å². The van der Waals surface area contributed by atoms with Crippen LogP contribution in [0.2, 0.25) is 0 Å². The zero-order valence-corrected chi connectivity index (χ0v) is 18.9. The highest BCUT2D eigenvalue weighted by Gasteiger charge is 2.33. The number of thiazole rings is 1. The van der Waals surface area contributed by atoms with E-state index in [9.17, 15) is 13.2 Å². The molecule has 29 heavy (non-hydrogen) atoms. The number of hydrogen-bond donors (Lipinski definition) is 2. The lowest BCUT2D eigenvalue weighted by atomic mass is 10.1. The third kappa shape index (κ3) is 6.84. The van der Waals surface area contributed by atoms with Gasteiger partial charge in [-0.1, -0.05) is 42.5 Å². The summed E-state index contributed by atoms with van der Waals surface area (Å²) in [5, 5.41) is 10.3. The summed E-state index contributed by atoms with van der Waals surface area (Å²) in [5.74, 6) is 0.619. The average Bonchev–Trinajstić information content (AvgIpc) is 3.16. The minimum atomic E-state index is -4.39. The number of halogens is 4. The van der Waals surface area contributed by atoms with Gasteiger partial charge in [-0.25, -0.2) is 4.98 Å². The summed E-state index contributed by atoms with van der Waals surface area (Å²) in [6.07, 6.45) is -3.14.